The quantitative estimate of drug-likeness (QED) is 0.247. The van der Waals surface area contributed by atoms with Gasteiger partial charge in [0.25, 0.3) is 5.91 Å². The van der Waals surface area contributed by atoms with Gasteiger partial charge in [0.05, 0.1) is 28.5 Å². The smallest absolute Gasteiger partial charge is 0.303 e. The molecule has 0 aliphatic carbocycles. The van der Waals surface area contributed by atoms with Crippen LogP contribution in [0.4, 0.5) is 0 Å². The largest absolute Gasteiger partial charge is 0.481 e. The van der Waals surface area contributed by atoms with E-state index in [0.29, 0.717) is 35.9 Å². The molecule has 0 aliphatic heterocycles. The van der Waals surface area contributed by atoms with Crippen LogP contribution in [0.5, 0.6) is 0 Å². The van der Waals surface area contributed by atoms with Crippen LogP contribution in [0.1, 0.15) is 56.1 Å². The van der Waals surface area contributed by atoms with Crippen LogP contribution in [0.25, 0.3) is 22.3 Å². The van der Waals surface area contributed by atoms with Crippen LogP contribution < -0.4 is 5.32 Å². The van der Waals surface area contributed by atoms with Crippen LogP contribution in [-0.2, 0) is 11.2 Å². The highest BCUT2D eigenvalue weighted by Crippen LogP contribution is 2.25. The molecule has 0 aliphatic rings. The van der Waals surface area contributed by atoms with Crippen LogP contribution in [-0.4, -0.2) is 33.0 Å². The summed E-state index contributed by atoms with van der Waals surface area (Å²) in [6, 6.07) is 15.0. The number of rotatable bonds is 11. The van der Waals surface area contributed by atoms with Gasteiger partial charge in [-0.1, -0.05) is 60.7 Å². The average molecular weight is 484 g/mol. The molecule has 3 aromatic rings. The molecule has 0 spiro atoms. The van der Waals surface area contributed by atoms with E-state index in [9.17, 15) is 9.59 Å². The van der Waals surface area contributed by atoms with Crippen molar-refractivity contribution >= 4 is 22.9 Å². The molecule has 1 atom stereocenters. The molecule has 1 amide bonds. The molecule has 2 aromatic carbocycles. The number of hydrogen-bond acceptors (Lipinski definition) is 4. The van der Waals surface area contributed by atoms with Gasteiger partial charge in [-0.05, 0) is 63.8 Å². The standard InChI is InChI=1S/C30H33N3O3/c1-5-22(16-15-20(2)3)21(4)31-30(36)24-17-18-25-27(19-24)32-26(13-9-10-14-28(34)35)29(33-25)23-11-7-6-8-12-23/h5-8,11-12,15-19,21H,2,9-10,13-14H2,1,3-4H3,(H,31,36)(H,34,35)/b16-15-,22-5+/t21-/m1/s1. The van der Waals surface area contributed by atoms with E-state index in [-0.39, 0.29) is 18.4 Å². The number of hydrogen-bond donors (Lipinski definition) is 2. The zero-order valence-corrected chi connectivity index (χ0v) is 21.1. The predicted octanol–water partition coefficient (Wildman–Crippen LogP) is 6.29. The molecule has 186 valence electrons. The molecule has 0 unspecified atom stereocenters. The highest BCUT2D eigenvalue weighted by Gasteiger charge is 2.15. The maximum absolute atomic E-state index is 13.0. The van der Waals surface area contributed by atoms with Crippen molar-refractivity contribution < 1.29 is 14.7 Å². The number of amides is 1. The van der Waals surface area contributed by atoms with Crippen LogP contribution in [0, 0.1) is 0 Å². The normalized spacial score (nSPS) is 12.6. The highest BCUT2D eigenvalue weighted by molar-refractivity contribution is 5.97. The minimum absolute atomic E-state index is 0.125. The molecule has 0 radical (unpaired) electrons. The molecular formula is C30H33N3O3. The van der Waals surface area contributed by atoms with E-state index in [0.717, 1.165) is 28.1 Å². The summed E-state index contributed by atoms with van der Waals surface area (Å²) in [5.74, 6) is -0.992. The van der Waals surface area contributed by atoms with Crippen molar-refractivity contribution in [1.29, 1.82) is 0 Å². The van der Waals surface area contributed by atoms with Crippen LogP contribution in [0.3, 0.4) is 0 Å². The number of carboxylic acids is 1. The zero-order chi connectivity index (χ0) is 26.1. The summed E-state index contributed by atoms with van der Waals surface area (Å²) in [5.41, 5.74) is 6.31. The molecule has 3 rings (SSSR count). The Morgan fingerprint density at radius 1 is 1.06 bits per heavy atom. The van der Waals surface area contributed by atoms with E-state index in [4.69, 9.17) is 15.1 Å². The minimum Gasteiger partial charge on any atom is -0.481 e. The maximum atomic E-state index is 13.0. The molecule has 6 heteroatoms. The first kappa shape index (κ1) is 26.5. The second-order valence-electron chi connectivity index (χ2n) is 8.85. The number of nitrogens with one attached hydrogen (secondary N) is 1. The fourth-order valence-corrected chi connectivity index (χ4v) is 3.89. The number of carbonyl (C=O) groups is 2. The number of carboxylic acid groups (broad SMARTS) is 1. The number of fused-ring (bicyclic) bond motifs is 1. The Bertz CT molecular complexity index is 1310. The van der Waals surface area contributed by atoms with Crippen molar-refractivity contribution in [2.45, 2.75) is 52.5 Å². The molecule has 36 heavy (non-hydrogen) atoms. The molecule has 0 bridgehead atoms. The molecule has 0 saturated carbocycles. The van der Waals surface area contributed by atoms with Gasteiger partial charge in [0.2, 0.25) is 0 Å². The van der Waals surface area contributed by atoms with Gasteiger partial charge < -0.3 is 10.4 Å². The zero-order valence-electron chi connectivity index (χ0n) is 21.1. The number of benzene rings is 2. The van der Waals surface area contributed by atoms with Gasteiger partial charge in [-0.3, -0.25) is 9.59 Å². The lowest BCUT2D eigenvalue weighted by molar-refractivity contribution is -0.137. The fraction of sp³-hybridized carbons (Fsp3) is 0.267. The van der Waals surface area contributed by atoms with Gasteiger partial charge in [-0.2, -0.15) is 0 Å². The molecule has 1 aromatic heterocycles. The van der Waals surface area contributed by atoms with Crippen molar-refractivity contribution in [3.05, 3.63) is 95.7 Å². The summed E-state index contributed by atoms with van der Waals surface area (Å²) >= 11 is 0. The average Bonchev–Trinajstić information content (AvgIpc) is 2.86. The lowest BCUT2D eigenvalue weighted by Crippen LogP contribution is -2.33. The van der Waals surface area contributed by atoms with E-state index in [1.807, 2.05) is 75.4 Å². The lowest BCUT2D eigenvalue weighted by Gasteiger charge is -2.16. The third kappa shape index (κ3) is 7.22. The first-order valence-electron chi connectivity index (χ1n) is 12.2. The van der Waals surface area contributed by atoms with Gasteiger partial charge in [0, 0.05) is 17.5 Å². The van der Waals surface area contributed by atoms with Gasteiger partial charge >= 0.3 is 5.97 Å². The highest BCUT2D eigenvalue weighted by atomic mass is 16.4. The minimum atomic E-state index is -0.802. The summed E-state index contributed by atoms with van der Waals surface area (Å²) in [6.45, 7) is 9.69. The summed E-state index contributed by atoms with van der Waals surface area (Å²) in [7, 11) is 0. The van der Waals surface area contributed by atoms with Crippen molar-refractivity contribution in [3.8, 4) is 11.3 Å². The first-order valence-corrected chi connectivity index (χ1v) is 12.2. The number of nitrogens with zero attached hydrogens (tertiary/aromatic N) is 2. The SMILES string of the molecule is C=C(C)/C=C\C(=C/C)[C@@H](C)NC(=O)c1ccc2nc(-c3ccccc3)c(CCCCC(=O)O)nc2c1. The van der Waals surface area contributed by atoms with Gasteiger partial charge in [0.15, 0.2) is 0 Å². The molecule has 0 saturated heterocycles. The predicted molar refractivity (Wildman–Crippen MR) is 145 cm³/mol. The Balaban J connectivity index is 1.89. The number of carbonyl (C=O) groups excluding carboxylic acids is 1. The van der Waals surface area contributed by atoms with E-state index in [1.165, 1.54) is 0 Å². The Kier molecular flexibility index (Phi) is 9.28. The maximum Gasteiger partial charge on any atom is 0.303 e. The van der Waals surface area contributed by atoms with Gasteiger partial charge in [0.1, 0.15) is 0 Å². The Labute approximate surface area is 212 Å². The van der Waals surface area contributed by atoms with Gasteiger partial charge in [-0.15, -0.1) is 0 Å². The van der Waals surface area contributed by atoms with Crippen LogP contribution >= 0.6 is 0 Å². The van der Waals surface area contributed by atoms with Crippen molar-refractivity contribution in [2.24, 2.45) is 0 Å². The topological polar surface area (TPSA) is 92.2 Å². The van der Waals surface area contributed by atoms with Crippen molar-refractivity contribution in [2.75, 3.05) is 0 Å². The van der Waals surface area contributed by atoms with Crippen LogP contribution in [0.2, 0.25) is 0 Å². The molecular weight excluding hydrogens is 450 g/mol. The van der Waals surface area contributed by atoms with Crippen molar-refractivity contribution in [1.82, 2.24) is 15.3 Å². The number of unbranched alkanes of at least 4 members (excludes halogenated alkanes) is 1. The number of aromatic nitrogens is 2. The molecule has 1 heterocycles. The lowest BCUT2D eigenvalue weighted by atomic mass is 10.0. The monoisotopic (exact) mass is 483 g/mol. The number of allylic oxidation sites excluding steroid dienone is 3. The fourth-order valence-electron chi connectivity index (χ4n) is 3.89. The Morgan fingerprint density at radius 3 is 2.47 bits per heavy atom. The van der Waals surface area contributed by atoms with E-state index in [1.54, 1.807) is 12.1 Å². The number of aliphatic carboxylic acids is 1. The first-order chi connectivity index (χ1) is 17.3. The van der Waals surface area contributed by atoms with Crippen LogP contribution in [0.15, 0.2) is 84.5 Å². The third-order valence-corrected chi connectivity index (χ3v) is 5.84. The Morgan fingerprint density at radius 2 is 1.81 bits per heavy atom. The Hall–Kier alpha value is -4.06. The molecule has 0 fully saturated rings. The third-order valence-electron chi connectivity index (χ3n) is 5.84. The molecule has 2 N–H and O–H groups in total. The summed E-state index contributed by atoms with van der Waals surface area (Å²) in [6.07, 6.45) is 7.84. The number of aryl methyl sites for hydroxylation is 1. The molecule has 6 nitrogen and oxygen atoms in total. The second kappa shape index (κ2) is 12.6. The van der Waals surface area contributed by atoms with E-state index in [2.05, 4.69) is 11.9 Å². The summed E-state index contributed by atoms with van der Waals surface area (Å²) in [4.78, 5) is 33.7. The van der Waals surface area contributed by atoms with E-state index < -0.39 is 5.97 Å². The summed E-state index contributed by atoms with van der Waals surface area (Å²) in [5, 5.41) is 12.0. The van der Waals surface area contributed by atoms with Crippen molar-refractivity contribution in [3.63, 3.8) is 0 Å². The summed E-state index contributed by atoms with van der Waals surface area (Å²) < 4.78 is 0. The van der Waals surface area contributed by atoms with Gasteiger partial charge in [-0.25, -0.2) is 9.97 Å². The van der Waals surface area contributed by atoms with E-state index >= 15 is 0 Å². The second-order valence-corrected chi connectivity index (χ2v) is 8.85.